The number of nitrogens with zero attached hydrogens (tertiary/aromatic N) is 4. The molecule has 2 heterocycles. The van der Waals surface area contributed by atoms with Crippen molar-refractivity contribution in [3.8, 4) is 5.88 Å². The van der Waals surface area contributed by atoms with Gasteiger partial charge >= 0.3 is 0 Å². The summed E-state index contributed by atoms with van der Waals surface area (Å²) in [5, 5.41) is 4.04. The van der Waals surface area contributed by atoms with Gasteiger partial charge in [-0.3, -0.25) is 4.98 Å². The molecule has 0 amide bonds. The highest BCUT2D eigenvalue weighted by molar-refractivity contribution is 7.05. The maximum atomic E-state index is 6.16. The normalized spacial score (nSPS) is 12.4. The molecule has 0 fully saturated rings. The minimum atomic E-state index is -0.395. The van der Waals surface area contributed by atoms with Crippen LogP contribution in [0.15, 0.2) is 12.4 Å². The van der Waals surface area contributed by atoms with Crippen LogP contribution in [0.4, 0.5) is 0 Å². The minimum absolute atomic E-state index is 0.395. The van der Waals surface area contributed by atoms with Gasteiger partial charge in [0.2, 0.25) is 5.88 Å². The Bertz CT molecular complexity index is 501. The number of nitrogens with two attached hydrogens (primary N) is 1. The molecule has 17 heavy (non-hydrogen) atoms. The summed E-state index contributed by atoms with van der Waals surface area (Å²) < 4.78 is 9.07. The van der Waals surface area contributed by atoms with Gasteiger partial charge in [0.05, 0.1) is 23.7 Å². The van der Waals surface area contributed by atoms with Gasteiger partial charge in [-0.25, -0.2) is 4.98 Å². The summed E-state index contributed by atoms with van der Waals surface area (Å²) in [6.07, 6.45) is 3.96. The van der Waals surface area contributed by atoms with Crippen LogP contribution < -0.4 is 10.5 Å². The van der Waals surface area contributed by atoms with Crippen LogP contribution in [0.3, 0.4) is 0 Å². The molecule has 0 saturated heterocycles. The Morgan fingerprint density at radius 2 is 2.18 bits per heavy atom. The van der Waals surface area contributed by atoms with Crippen molar-refractivity contribution in [2.45, 2.75) is 19.4 Å². The molecule has 7 heteroatoms. The Kier molecular flexibility index (Phi) is 3.60. The van der Waals surface area contributed by atoms with E-state index in [1.54, 1.807) is 19.5 Å². The zero-order chi connectivity index (χ0) is 12.3. The fourth-order valence-electron chi connectivity index (χ4n) is 1.53. The summed E-state index contributed by atoms with van der Waals surface area (Å²) in [6, 6.07) is -0.395. The van der Waals surface area contributed by atoms with Crippen molar-refractivity contribution in [1.29, 1.82) is 0 Å². The Morgan fingerprint density at radius 3 is 2.88 bits per heavy atom. The molecule has 0 radical (unpaired) electrons. The highest BCUT2D eigenvalue weighted by Crippen LogP contribution is 2.28. The molecule has 2 N–H and O–H groups in total. The van der Waals surface area contributed by atoms with Gasteiger partial charge in [-0.15, -0.1) is 5.10 Å². The monoisotopic (exact) mass is 251 g/mol. The maximum Gasteiger partial charge on any atom is 0.237 e. The van der Waals surface area contributed by atoms with Gasteiger partial charge in [0.1, 0.15) is 5.69 Å². The van der Waals surface area contributed by atoms with Crippen LogP contribution in [-0.2, 0) is 6.42 Å². The lowest BCUT2D eigenvalue weighted by Crippen LogP contribution is -2.15. The first-order chi connectivity index (χ1) is 8.27. The number of aryl methyl sites for hydroxylation is 1. The van der Waals surface area contributed by atoms with Crippen LogP contribution in [0.2, 0.25) is 0 Å². The molecule has 6 nitrogen and oxygen atoms in total. The third-order valence-corrected chi connectivity index (χ3v) is 3.23. The van der Waals surface area contributed by atoms with Crippen LogP contribution in [0.25, 0.3) is 0 Å². The topological polar surface area (TPSA) is 86.8 Å². The fraction of sp³-hybridized carbons (Fsp3) is 0.400. The first-order valence-electron chi connectivity index (χ1n) is 5.19. The van der Waals surface area contributed by atoms with E-state index >= 15 is 0 Å². The van der Waals surface area contributed by atoms with E-state index < -0.39 is 6.04 Å². The van der Waals surface area contributed by atoms with Crippen molar-refractivity contribution in [2.75, 3.05) is 7.11 Å². The largest absolute Gasteiger partial charge is 0.480 e. The van der Waals surface area contributed by atoms with Crippen LogP contribution >= 0.6 is 11.5 Å². The number of aromatic nitrogens is 4. The summed E-state index contributed by atoms with van der Waals surface area (Å²) >= 11 is 1.29. The van der Waals surface area contributed by atoms with Gasteiger partial charge in [-0.2, -0.15) is 0 Å². The second-order valence-corrected chi connectivity index (χ2v) is 4.15. The second kappa shape index (κ2) is 5.15. The molecule has 0 aliphatic carbocycles. The summed E-state index contributed by atoms with van der Waals surface area (Å²) in [6.45, 7) is 2.01. The van der Waals surface area contributed by atoms with Crippen molar-refractivity contribution in [1.82, 2.24) is 19.6 Å². The van der Waals surface area contributed by atoms with Gasteiger partial charge in [0.15, 0.2) is 0 Å². The van der Waals surface area contributed by atoms with E-state index in [1.807, 2.05) is 6.92 Å². The second-order valence-electron chi connectivity index (χ2n) is 3.37. The zero-order valence-corrected chi connectivity index (χ0v) is 10.4. The third kappa shape index (κ3) is 2.25. The first kappa shape index (κ1) is 11.9. The molecule has 0 saturated carbocycles. The van der Waals surface area contributed by atoms with E-state index in [2.05, 4.69) is 19.6 Å². The lowest BCUT2D eigenvalue weighted by atomic mass is 10.1. The van der Waals surface area contributed by atoms with Gasteiger partial charge in [0.25, 0.3) is 0 Å². The molecule has 90 valence electrons. The lowest BCUT2D eigenvalue weighted by molar-refractivity contribution is 0.387. The molecule has 0 aliphatic rings. The maximum absolute atomic E-state index is 6.16. The van der Waals surface area contributed by atoms with E-state index in [1.165, 1.54) is 11.5 Å². The Labute approximate surface area is 103 Å². The van der Waals surface area contributed by atoms with E-state index in [0.29, 0.717) is 11.6 Å². The standard InChI is InChI=1S/C10H13N5OS/c1-3-6-9(17-15-14-6)7(11)8-10(16-2)13-5-4-12-8/h4-5,7H,3,11H2,1-2H3. The summed E-state index contributed by atoms with van der Waals surface area (Å²) in [5.41, 5.74) is 7.67. The van der Waals surface area contributed by atoms with Crippen LogP contribution in [-0.4, -0.2) is 26.7 Å². The molecule has 0 bridgehead atoms. The average molecular weight is 251 g/mol. The summed E-state index contributed by atoms with van der Waals surface area (Å²) in [4.78, 5) is 9.21. The molecule has 2 aromatic heterocycles. The molecule has 2 aromatic rings. The summed E-state index contributed by atoms with van der Waals surface area (Å²) in [7, 11) is 1.55. The Hall–Kier alpha value is -1.60. The fourth-order valence-corrected chi connectivity index (χ4v) is 2.27. The SMILES string of the molecule is CCc1nnsc1C(N)c1nccnc1OC. The molecule has 1 atom stereocenters. The van der Waals surface area contributed by atoms with Gasteiger partial charge in [-0.1, -0.05) is 11.4 Å². The molecule has 2 rings (SSSR count). The van der Waals surface area contributed by atoms with E-state index in [4.69, 9.17) is 10.5 Å². The van der Waals surface area contributed by atoms with Gasteiger partial charge in [0, 0.05) is 12.4 Å². The molecular formula is C10H13N5OS. The Morgan fingerprint density at radius 1 is 1.41 bits per heavy atom. The van der Waals surface area contributed by atoms with Gasteiger partial charge < -0.3 is 10.5 Å². The van der Waals surface area contributed by atoms with E-state index in [9.17, 15) is 0 Å². The Balaban J connectivity index is 2.40. The van der Waals surface area contributed by atoms with Crippen molar-refractivity contribution >= 4 is 11.5 Å². The number of ether oxygens (including phenoxy) is 1. The molecular weight excluding hydrogens is 238 g/mol. The first-order valence-corrected chi connectivity index (χ1v) is 5.96. The van der Waals surface area contributed by atoms with E-state index in [-0.39, 0.29) is 0 Å². The van der Waals surface area contributed by atoms with Crippen LogP contribution in [0, 0.1) is 0 Å². The van der Waals surface area contributed by atoms with E-state index in [0.717, 1.165) is 17.0 Å². The zero-order valence-electron chi connectivity index (χ0n) is 9.62. The molecule has 0 aliphatic heterocycles. The predicted octanol–water partition coefficient (Wildman–Crippen LogP) is 0.947. The number of rotatable bonds is 4. The lowest BCUT2D eigenvalue weighted by Gasteiger charge is -2.12. The van der Waals surface area contributed by atoms with Crippen molar-refractivity contribution in [2.24, 2.45) is 5.73 Å². The number of hydrogen-bond donors (Lipinski definition) is 1. The highest BCUT2D eigenvalue weighted by Gasteiger charge is 2.21. The minimum Gasteiger partial charge on any atom is -0.480 e. The summed E-state index contributed by atoms with van der Waals surface area (Å²) in [5.74, 6) is 0.440. The number of hydrogen-bond acceptors (Lipinski definition) is 7. The average Bonchev–Trinajstić information content (AvgIpc) is 2.86. The molecule has 0 aromatic carbocycles. The third-order valence-electron chi connectivity index (χ3n) is 2.38. The molecule has 0 spiro atoms. The van der Waals surface area contributed by atoms with Gasteiger partial charge in [-0.05, 0) is 18.0 Å². The highest BCUT2D eigenvalue weighted by atomic mass is 32.1. The quantitative estimate of drug-likeness (QED) is 0.870. The predicted molar refractivity (Wildman–Crippen MR) is 63.9 cm³/mol. The molecule has 1 unspecified atom stereocenters. The number of methoxy groups -OCH3 is 1. The van der Waals surface area contributed by atoms with Crippen molar-refractivity contribution in [3.05, 3.63) is 28.7 Å². The smallest absolute Gasteiger partial charge is 0.237 e. The van der Waals surface area contributed by atoms with Crippen LogP contribution in [0.5, 0.6) is 5.88 Å². The van der Waals surface area contributed by atoms with Crippen molar-refractivity contribution < 1.29 is 4.74 Å². The van der Waals surface area contributed by atoms with Crippen LogP contribution in [0.1, 0.15) is 29.2 Å². The van der Waals surface area contributed by atoms with Crippen molar-refractivity contribution in [3.63, 3.8) is 0 Å².